The van der Waals surface area contributed by atoms with Gasteiger partial charge in [-0.3, -0.25) is 9.59 Å². The van der Waals surface area contributed by atoms with Gasteiger partial charge in [-0.25, -0.2) is 4.98 Å². The maximum Gasteiger partial charge on any atom is 0.265 e. The van der Waals surface area contributed by atoms with Gasteiger partial charge in [-0.05, 0) is 37.5 Å². The first kappa shape index (κ1) is 16.5. The van der Waals surface area contributed by atoms with Crippen molar-refractivity contribution in [3.8, 4) is 5.13 Å². The molecule has 3 aromatic heterocycles. The molecule has 2 bridgehead atoms. The van der Waals surface area contributed by atoms with Gasteiger partial charge in [-0.15, -0.1) is 0 Å². The highest BCUT2D eigenvalue weighted by Crippen LogP contribution is 2.36. The van der Waals surface area contributed by atoms with Gasteiger partial charge in [0.25, 0.3) is 11.5 Å². The van der Waals surface area contributed by atoms with Crippen molar-refractivity contribution in [3.63, 3.8) is 0 Å². The Bertz CT molecular complexity index is 1070. The zero-order valence-electron chi connectivity index (χ0n) is 15.0. The van der Waals surface area contributed by atoms with Gasteiger partial charge in [-0.2, -0.15) is 0 Å². The van der Waals surface area contributed by atoms with Crippen LogP contribution in [0.2, 0.25) is 0 Å². The van der Waals surface area contributed by atoms with E-state index in [1.54, 1.807) is 6.07 Å². The van der Waals surface area contributed by atoms with E-state index in [0.717, 1.165) is 22.9 Å². The molecule has 0 N–H and O–H groups in total. The summed E-state index contributed by atoms with van der Waals surface area (Å²) < 4.78 is 3.82. The van der Waals surface area contributed by atoms with Crippen molar-refractivity contribution in [2.75, 3.05) is 13.1 Å². The van der Waals surface area contributed by atoms with Gasteiger partial charge in [0.05, 0.1) is 5.69 Å². The lowest BCUT2D eigenvalue weighted by Crippen LogP contribution is -2.49. The van der Waals surface area contributed by atoms with Crippen LogP contribution in [0.3, 0.4) is 0 Å². The number of piperidine rings is 1. The number of hydrogen-bond donors (Lipinski definition) is 0. The van der Waals surface area contributed by atoms with Crippen LogP contribution in [-0.2, 0) is 6.54 Å². The predicted octanol–water partition coefficient (Wildman–Crippen LogP) is 2.66. The zero-order chi connectivity index (χ0) is 18.5. The topological polar surface area (TPSA) is 60.1 Å². The second-order valence-corrected chi connectivity index (χ2v) is 8.39. The van der Waals surface area contributed by atoms with Crippen LogP contribution in [-0.4, -0.2) is 38.0 Å². The average molecular weight is 380 g/mol. The van der Waals surface area contributed by atoms with Crippen molar-refractivity contribution >= 4 is 17.2 Å². The number of nitrogens with zero attached hydrogens (tertiary/aromatic N) is 4. The van der Waals surface area contributed by atoms with Crippen molar-refractivity contribution in [1.82, 2.24) is 19.0 Å². The monoisotopic (exact) mass is 380 g/mol. The summed E-state index contributed by atoms with van der Waals surface area (Å²) in [5.74, 6) is 0.620. The highest BCUT2D eigenvalue weighted by atomic mass is 32.1. The fourth-order valence-electron chi connectivity index (χ4n) is 4.36. The number of carbonyl (C=O) groups is 1. The largest absolute Gasteiger partial charge is 0.337 e. The lowest BCUT2D eigenvalue weighted by atomic mass is 9.83. The molecule has 0 spiro atoms. The summed E-state index contributed by atoms with van der Waals surface area (Å²) in [4.78, 5) is 32.6. The van der Waals surface area contributed by atoms with Crippen LogP contribution in [0.15, 0.2) is 47.5 Å². The molecule has 6 nitrogen and oxygen atoms in total. The molecule has 3 aromatic rings. The molecule has 5 rings (SSSR count). The Hall–Kier alpha value is -2.67. The zero-order valence-corrected chi connectivity index (χ0v) is 15.9. The Labute approximate surface area is 160 Å². The minimum absolute atomic E-state index is 0.0600. The Morgan fingerprint density at radius 1 is 1.15 bits per heavy atom. The minimum Gasteiger partial charge on any atom is -0.337 e. The molecule has 7 heteroatoms. The van der Waals surface area contributed by atoms with E-state index in [9.17, 15) is 9.59 Å². The molecule has 1 saturated heterocycles. The molecule has 1 fully saturated rings. The van der Waals surface area contributed by atoms with Crippen LogP contribution >= 0.6 is 11.3 Å². The summed E-state index contributed by atoms with van der Waals surface area (Å²) in [7, 11) is 0. The molecular formula is C20H20N4O2S. The molecule has 0 radical (unpaired) electrons. The van der Waals surface area contributed by atoms with E-state index >= 15 is 0 Å². The fourth-order valence-corrected chi connectivity index (χ4v) is 5.36. The van der Waals surface area contributed by atoms with E-state index in [1.807, 2.05) is 57.6 Å². The van der Waals surface area contributed by atoms with Crippen molar-refractivity contribution in [2.45, 2.75) is 25.8 Å². The molecule has 0 saturated carbocycles. The first-order chi connectivity index (χ1) is 13.1. The molecular weight excluding hydrogens is 360 g/mol. The summed E-state index contributed by atoms with van der Waals surface area (Å²) >= 11 is 1.44. The molecule has 0 aliphatic carbocycles. The summed E-state index contributed by atoms with van der Waals surface area (Å²) in [5.41, 5.74) is 1.91. The Morgan fingerprint density at radius 2 is 1.96 bits per heavy atom. The third-order valence-electron chi connectivity index (χ3n) is 5.57. The molecule has 2 aliphatic heterocycles. The molecule has 2 atom stereocenters. The van der Waals surface area contributed by atoms with Crippen LogP contribution in [0.1, 0.15) is 33.4 Å². The third-order valence-corrected chi connectivity index (χ3v) is 6.73. The normalized spacial score (nSPS) is 21.1. The van der Waals surface area contributed by atoms with Crippen LogP contribution < -0.4 is 5.56 Å². The number of rotatable bonds is 2. The number of carbonyl (C=O) groups excluding carboxylic acids is 1. The van der Waals surface area contributed by atoms with E-state index < -0.39 is 0 Å². The van der Waals surface area contributed by atoms with Gasteiger partial charge in [-0.1, -0.05) is 17.4 Å². The Morgan fingerprint density at radius 3 is 2.78 bits per heavy atom. The molecule has 138 valence electrons. The number of amides is 1. The van der Waals surface area contributed by atoms with Crippen molar-refractivity contribution < 1.29 is 4.79 Å². The second-order valence-electron chi connectivity index (χ2n) is 7.41. The molecule has 1 amide bonds. The Balaban J connectivity index is 1.44. The lowest BCUT2D eigenvalue weighted by Gasteiger charge is -2.42. The molecule has 5 heterocycles. The van der Waals surface area contributed by atoms with Crippen LogP contribution in [0.5, 0.6) is 0 Å². The maximum absolute atomic E-state index is 13.2. The smallest absolute Gasteiger partial charge is 0.265 e. The highest BCUT2D eigenvalue weighted by Gasteiger charge is 2.37. The van der Waals surface area contributed by atoms with Gasteiger partial charge in [0.2, 0.25) is 0 Å². The number of aryl methyl sites for hydroxylation is 1. The van der Waals surface area contributed by atoms with E-state index in [1.165, 1.54) is 11.3 Å². The Kier molecular flexibility index (Phi) is 3.79. The van der Waals surface area contributed by atoms with Gasteiger partial charge in [0.15, 0.2) is 5.13 Å². The van der Waals surface area contributed by atoms with Gasteiger partial charge in [0, 0.05) is 49.7 Å². The fraction of sp³-hybridized carbons (Fsp3) is 0.350. The quantitative estimate of drug-likeness (QED) is 0.687. The third kappa shape index (κ3) is 2.73. The highest BCUT2D eigenvalue weighted by molar-refractivity contribution is 7.16. The van der Waals surface area contributed by atoms with Crippen LogP contribution in [0, 0.1) is 12.8 Å². The van der Waals surface area contributed by atoms with Gasteiger partial charge >= 0.3 is 0 Å². The number of hydrogen-bond acceptors (Lipinski definition) is 4. The average Bonchev–Trinajstić information content (AvgIpc) is 3.31. The number of likely N-dealkylation sites (tertiary alicyclic amines) is 1. The first-order valence-corrected chi connectivity index (χ1v) is 10.0. The standard InChI is InChI=1S/C20H20N4O2S/c1-13-18(27-20(21-13)22-7-2-3-8-22)19(26)23-10-14-9-15(12-23)16-5-4-6-17(25)24(16)11-14/h2-8,14-15H,9-12H2,1H3. The summed E-state index contributed by atoms with van der Waals surface area (Å²) in [5, 5.41) is 0.815. The predicted molar refractivity (Wildman–Crippen MR) is 104 cm³/mol. The van der Waals surface area contributed by atoms with E-state index in [4.69, 9.17) is 0 Å². The SMILES string of the molecule is Cc1nc(-n2cccc2)sc1C(=O)N1CC2CC(C1)c1cccc(=O)n1C2. The molecule has 0 aromatic carbocycles. The van der Waals surface area contributed by atoms with Crippen molar-refractivity contribution in [3.05, 3.63) is 69.3 Å². The number of aromatic nitrogens is 3. The van der Waals surface area contributed by atoms with E-state index in [-0.39, 0.29) is 17.4 Å². The van der Waals surface area contributed by atoms with Gasteiger partial charge < -0.3 is 14.0 Å². The van der Waals surface area contributed by atoms with Crippen LogP contribution in [0.4, 0.5) is 0 Å². The molecule has 27 heavy (non-hydrogen) atoms. The number of pyridine rings is 1. The van der Waals surface area contributed by atoms with E-state index in [2.05, 4.69) is 4.98 Å². The second kappa shape index (κ2) is 6.20. The number of thiazole rings is 1. The first-order valence-electron chi connectivity index (χ1n) is 9.20. The summed E-state index contributed by atoms with van der Waals surface area (Å²) in [6.45, 7) is 3.96. The number of fused-ring (bicyclic) bond motifs is 4. The molecule has 2 aliphatic rings. The van der Waals surface area contributed by atoms with Crippen LogP contribution in [0.25, 0.3) is 5.13 Å². The summed E-state index contributed by atoms with van der Waals surface area (Å²) in [6.07, 6.45) is 4.92. The van der Waals surface area contributed by atoms with Crippen molar-refractivity contribution in [1.29, 1.82) is 0 Å². The maximum atomic E-state index is 13.2. The van der Waals surface area contributed by atoms with E-state index in [0.29, 0.717) is 30.4 Å². The summed E-state index contributed by atoms with van der Waals surface area (Å²) in [6, 6.07) is 9.37. The van der Waals surface area contributed by atoms with Gasteiger partial charge in [0.1, 0.15) is 4.88 Å². The van der Waals surface area contributed by atoms with Crippen molar-refractivity contribution in [2.24, 2.45) is 5.92 Å². The minimum atomic E-state index is 0.0600. The molecule has 2 unspecified atom stereocenters. The lowest BCUT2D eigenvalue weighted by molar-refractivity contribution is 0.0598.